The van der Waals surface area contributed by atoms with Gasteiger partial charge in [0.2, 0.25) is 0 Å². The zero-order chi connectivity index (χ0) is 22.7. The fourth-order valence-electron chi connectivity index (χ4n) is 3.77. The third-order valence-corrected chi connectivity index (χ3v) is 5.30. The number of unbranched alkanes of at least 4 members (excludes halogenated alkanes) is 11. The first-order valence-electron chi connectivity index (χ1n) is 11.4. The number of carbonyl (C=O) groups is 3. The molecule has 0 saturated heterocycles. The van der Waals surface area contributed by atoms with Crippen molar-refractivity contribution >= 4 is 17.9 Å². The Morgan fingerprint density at radius 2 is 1.13 bits per heavy atom. The highest BCUT2D eigenvalue weighted by Crippen LogP contribution is 2.13. The van der Waals surface area contributed by atoms with Gasteiger partial charge in [-0.15, -0.1) is 0 Å². The smallest absolute Gasteiger partial charge is 0.359 e. The summed E-state index contributed by atoms with van der Waals surface area (Å²) in [7, 11) is 0. The first-order chi connectivity index (χ1) is 14.3. The van der Waals surface area contributed by atoms with E-state index in [0.717, 1.165) is 19.3 Å². The number of carboxylic acid groups (broad SMARTS) is 3. The van der Waals surface area contributed by atoms with Gasteiger partial charge in [0.05, 0.1) is 12.5 Å². The van der Waals surface area contributed by atoms with Gasteiger partial charge in [0.25, 0.3) is 0 Å². The SMILES string of the molecule is CCCCCCCCCCC/C=C/CCCC[N+](CC(=O)[O-])(CC(=O)O)CC(=O)O. The van der Waals surface area contributed by atoms with Gasteiger partial charge in [-0.2, -0.15) is 0 Å². The van der Waals surface area contributed by atoms with E-state index in [1.54, 1.807) is 0 Å². The van der Waals surface area contributed by atoms with Crippen LogP contribution in [0.1, 0.15) is 90.4 Å². The molecule has 174 valence electrons. The lowest BCUT2D eigenvalue weighted by atomic mass is 10.1. The summed E-state index contributed by atoms with van der Waals surface area (Å²) in [6.07, 6.45) is 19.2. The molecule has 30 heavy (non-hydrogen) atoms. The second kappa shape index (κ2) is 17.9. The molecule has 0 heterocycles. The number of carboxylic acids is 3. The molecule has 0 amide bonds. The predicted molar refractivity (Wildman–Crippen MR) is 115 cm³/mol. The fourth-order valence-corrected chi connectivity index (χ4v) is 3.77. The molecule has 7 nitrogen and oxygen atoms in total. The summed E-state index contributed by atoms with van der Waals surface area (Å²) in [6, 6.07) is 0. The van der Waals surface area contributed by atoms with Crippen molar-refractivity contribution in [2.75, 3.05) is 26.2 Å². The Hall–Kier alpha value is -1.89. The van der Waals surface area contributed by atoms with Crippen LogP contribution < -0.4 is 5.11 Å². The molecular formula is C23H41NO6. The number of hydrogen-bond donors (Lipinski definition) is 2. The Morgan fingerprint density at radius 3 is 1.57 bits per heavy atom. The third kappa shape index (κ3) is 17.0. The molecule has 0 saturated carbocycles. The van der Waals surface area contributed by atoms with Crippen molar-refractivity contribution in [2.24, 2.45) is 0 Å². The molecule has 0 rings (SSSR count). The van der Waals surface area contributed by atoms with Gasteiger partial charge < -0.3 is 24.6 Å². The molecule has 0 unspecified atom stereocenters. The summed E-state index contributed by atoms with van der Waals surface area (Å²) in [5.74, 6) is -3.85. The van der Waals surface area contributed by atoms with Gasteiger partial charge in [-0.05, 0) is 32.1 Å². The highest BCUT2D eigenvalue weighted by atomic mass is 16.4. The Morgan fingerprint density at radius 1 is 0.700 bits per heavy atom. The molecule has 0 aliphatic rings. The van der Waals surface area contributed by atoms with E-state index in [0.29, 0.717) is 6.42 Å². The van der Waals surface area contributed by atoms with Gasteiger partial charge in [-0.3, -0.25) is 0 Å². The Bertz CT molecular complexity index is 477. The van der Waals surface area contributed by atoms with Gasteiger partial charge >= 0.3 is 11.9 Å². The Labute approximate surface area is 181 Å². The lowest BCUT2D eigenvalue weighted by molar-refractivity contribution is -0.909. The van der Waals surface area contributed by atoms with E-state index in [2.05, 4.69) is 19.1 Å². The normalized spacial score (nSPS) is 11.8. The minimum atomic E-state index is -1.43. The van der Waals surface area contributed by atoms with Gasteiger partial charge in [-0.1, -0.05) is 70.4 Å². The molecule has 0 aromatic heterocycles. The lowest BCUT2D eigenvalue weighted by Gasteiger charge is -2.36. The van der Waals surface area contributed by atoms with Gasteiger partial charge in [0, 0.05) is 0 Å². The van der Waals surface area contributed by atoms with Crippen LogP contribution in [0.2, 0.25) is 0 Å². The van der Waals surface area contributed by atoms with Crippen LogP contribution in [0.25, 0.3) is 0 Å². The summed E-state index contributed by atoms with van der Waals surface area (Å²) < 4.78 is -0.519. The second-order valence-corrected chi connectivity index (χ2v) is 8.28. The molecule has 0 radical (unpaired) electrons. The van der Waals surface area contributed by atoms with Gasteiger partial charge in [0.15, 0.2) is 13.1 Å². The molecule has 7 heteroatoms. The van der Waals surface area contributed by atoms with E-state index in [9.17, 15) is 19.5 Å². The number of quaternary nitrogens is 1. The van der Waals surface area contributed by atoms with Gasteiger partial charge in [0.1, 0.15) is 6.54 Å². The van der Waals surface area contributed by atoms with E-state index in [1.807, 2.05) is 0 Å². The number of hydrogen-bond acceptors (Lipinski definition) is 4. The van der Waals surface area contributed by atoms with Crippen LogP contribution in [0, 0.1) is 0 Å². The second-order valence-electron chi connectivity index (χ2n) is 8.28. The minimum absolute atomic E-state index is 0.193. The molecular weight excluding hydrogens is 386 g/mol. The first kappa shape index (κ1) is 28.1. The largest absolute Gasteiger partial charge is 0.544 e. The number of rotatable bonds is 21. The van der Waals surface area contributed by atoms with Crippen molar-refractivity contribution in [3.8, 4) is 0 Å². The zero-order valence-corrected chi connectivity index (χ0v) is 18.7. The van der Waals surface area contributed by atoms with Crippen molar-refractivity contribution in [2.45, 2.75) is 90.4 Å². The highest BCUT2D eigenvalue weighted by molar-refractivity contribution is 5.72. The van der Waals surface area contributed by atoms with E-state index < -0.39 is 42.0 Å². The Kier molecular flexibility index (Phi) is 16.8. The first-order valence-corrected chi connectivity index (χ1v) is 11.4. The van der Waals surface area contributed by atoms with Crippen LogP contribution in [-0.2, 0) is 14.4 Å². The summed E-state index contributed by atoms with van der Waals surface area (Å²) in [6.45, 7) is 0.755. The van der Waals surface area contributed by atoms with Crippen LogP contribution in [0.5, 0.6) is 0 Å². The quantitative estimate of drug-likeness (QED) is 0.165. The minimum Gasteiger partial charge on any atom is -0.544 e. The highest BCUT2D eigenvalue weighted by Gasteiger charge is 2.33. The van der Waals surface area contributed by atoms with Gasteiger partial charge in [-0.25, -0.2) is 9.59 Å². The number of carbonyl (C=O) groups excluding carboxylic acids is 1. The molecule has 0 aromatic carbocycles. The standard InChI is InChI=1S/C23H41NO6/c1-2-3-4-5-6-7-8-9-10-11-12-13-14-15-16-17-24(18-21(25)26,19-22(27)28)20-23(29)30/h12-13H,2-11,14-20H2,1H3,(H2-,25,26,27,28,29,30)/b13-12+. The predicted octanol–water partition coefficient (Wildman–Crippen LogP) is 3.37. The maximum Gasteiger partial charge on any atom is 0.359 e. The van der Waals surface area contributed by atoms with Crippen molar-refractivity contribution < 1.29 is 34.2 Å². The summed E-state index contributed by atoms with van der Waals surface area (Å²) in [4.78, 5) is 33.2. The average Bonchev–Trinajstić information content (AvgIpc) is 2.63. The molecule has 0 bridgehead atoms. The van der Waals surface area contributed by atoms with Crippen molar-refractivity contribution in [1.82, 2.24) is 0 Å². The average molecular weight is 428 g/mol. The van der Waals surface area contributed by atoms with E-state index in [1.165, 1.54) is 57.8 Å². The third-order valence-electron chi connectivity index (χ3n) is 5.30. The molecule has 0 aliphatic carbocycles. The Balaban J connectivity index is 4.00. The van der Waals surface area contributed by atoms with Crippen LogP contribution in [0.4, 0.5) is 0 Å². The zero-order valence-electron chi connectivity index (χ0n) is 18.7. The molecule has 0 spiro atoms. The van der Waals surface area contributed by atoms with Crippen LogP contribution in [-0.4, -0.2) is 58.8 Å². The van der Waals surface area contributed by atoms with Crippen LogP contribution in [0.3, 0.4) is 0 Å². The van der Waals surface area contributed by atoms with E-state index in [4.69, 9.17) is 10.2 Å². The monoisotopic (exact) mass is 427 g/mol. The maximum absolute atomic E-state index is 11.1. The van der Waals surface area contributed by atoms with Crippen molar-refractivity contribution in [3.05, 3.63) is 12.2 Å². The van der Waals surface area contributed by atoms with E-state index >= 15 is 0 Å². The molecule has 0 atom stereocenters. The van der Waals surface area contributed by atoms with E-state index in [-0.39, 0.29) is 6.54 Å². The number of aliphatic carboxylic acids is 3. The van der Waals surface area contributed by atoms with Crippen molar-refractivity contribution in [1.29, 1.82) is 0 Å². The number of nitrogens with zero attached hydrogens (tertiary/aromatic N) is 1. The number of allylic oxidation sites excluding steroid dienone is 2. The van der Waals surface area contributed by atoms with Crippen molar-refractivity contribution in [3.63, 3.8) is 0 Å². The van der Waals surface area contributed by atoms with Crippen LogP contribution in [0.15, 0.2) is 12.2 Å². The fraction of sp³-hybridized carbons (Fsp3) is 0.783. The lowest BCUT2D eigenvalue weighted by Crippen LogP contribution is -2.59. The molecule has 0 aromatic rings. The van der Waals surface area contributed by atoms with Crippen LogP contribution >= 0.6 is 0 Å². The summed E-state index contributed by atoms with van der Waals surface area (Å²) in [5.41, 5.74) is 0. The molecule has 0 fully saturated rings. The summed E-state index contributed by atoms with van der Waals surface area (Å²) >= 11 is 0. The molecule has 2 N–H and O–H groups in total. The summed E-state index contributed by atoms with van der Waals surface area (Å²) in [5, 5.41) is 29.1. The topological polar surface area (TPSA) is 115 Å². The molecule has 0 aliphatic heterocycles. The maximum atomic E-state index is 11.1.